The highest BCUT2D eigenvalue weighted by Gasteiger charge is 2.31. The second-order valence-electron chi connectivity index (χ2n) is 4.89. The Morgan fingerprint density at radius 1 is 1.30 bits per heavy atom. The van der Waals surface area contributed by atoms with Gasteiger partial charge in [-0.1, -0.05) is 6.42 Å². The number of urea groups is 1. The molecule has 1 heterocycles. The van der Waals surface area contributed by atoms with Gasteiger partial charge in [-0.3, -0.25) is 9.59 Å². The SMILES string of the molecule is COC(=O)C1CCN(C(=O)NCCCCCC(=O)O)C1. The van der Waals surface area contributed by atoms with Crippen molar-refractivity contribution in [1.82, 2.24) is 10.2 Å². The number of carbonyl (C=O) groups excluding carboxylic acids is 2. The number of esters is 1. The van der Waals surface area contributed by atoms with Crippen molar-refractivity contribution in [3.05, 3.63) is 0 Å². The minimum atomic E-state index is -0.792. The summed E-state index contributed by atoms with van der Waals surface area (Å²) in [5.74, 6) is -1.28. The van der Waals surface area contributed by atoms with Gasteiger partial charge >= 0.3 is 18.0 Å². The first-order valence-corrected chi connectivity index (χ1v) is 6.87. The van der Waals surface area contributed by atoms with Crippen LogP contribution in [0.4, 0.5) is 4.79 Å². The van der Waals surface area contributed by atoms with E-state index < -0.39 is 5.97 Å². The average Bonchev–Trinajstić information content (AvgIpc) is 2.91. The molecule has 0 spiro atoms. The normalized spacial score (nSPS) is 17.9. The van der Waals surface area contributed by atoms with Crippen LogP contribution in [0.5, 0.6) is 0 Å². The van der Waals surface area contributed by atoms with E-state index >= 15 is 0 Å². The van der Waals surface area contributed by atoms with Crippen molar-refractivity contribution < 1.29 is 24.2 Å². The predicted octanol–water partition coefficient (Wildman–Crippen LogP) is 0.836. The second kappa shape index (κ2) is 8.39. The molecule has 0 radical (unpaired) electrons. The molecule has 0 aromatic rings. The Kier molecular flexibility index (Phi) is 6.83. The van der Waals surface area contributed by atoms with E-state index in [1.165, 1.54) is 7.11 Å². The Hall–Kier alpha value is -1.79. The van der Waals surface area contributed by atoms with Crippen molar-refractivity contribution in [3.8, 4) is 0 Å². The first kappa shape index (κ1) is 16.3. The van der Waals surface area contributed by atoms with Gasteiger partial charge in [-0.15, -0.1) is 0 Å². The maximum Gasteiger partial charge on any atom is 0.317 e. The summed E-state index contributed by atoms with van der Waals surface area (Å²) in [5, 5.41) is 11.3. The quantitative estimate of drug-likeness (QED) is 0.534. The van der Waals surface area contributed by atoms with E-state index in [9.17, 15) is 14.4 Å². The fourth-order valence-electron chi connectivity index (χ4n) is 2.19. The molecule has 0 bridgehead atoms. The lowest BCUT2D eigenvalue weighted by molar-refractivity contribution is -0.144. The standard InChI is InChI=1S/C13H22N2O5/c1-20-12(18)10-6-8-15(9-10)13(19)14-7-4-2-3-5-11(16)17/h10H,2-9H2,1H3,(H,14,19)(H,16,17). The Bertz CT molecular complexity index is 359. The fraction of sp³-hybridized carbons (Fsp3) is 0.769. The lowest BCUT2D eigenvalue weighted by Crippen LogP contribution is -2.39. The summed E-state index contributed by atoms with van der Waals surface area (Å²) in [7, 11) is 1.35. The molecule has 1 fully saturated rings. The van der Waals surface area contributed by atoms with Crippen LogP contribution in [-0.2, 0) is 14.3 Å². The molecule has 1 aliphatic heterocycles. The summed E-state index contributed by atoms with van der Waals surface area (Å²) in [6.07, 6.45) is 2.96. The van der Waals surface area contributed by atoms with Gasteiger partial charge in [0.1, 0.15) is 0 Å². The zero-order valence-corrected chi connectivity index (χ0v) is 11.8. The zero-order valence-electron chi connectivity index (χ0n) is 11.8. The zero-order chi connectivity index (χ0) is 15.0. The fourth-order valence-corrected chi connectivity index (χ4v) is 2.19. The third kappa shape index (κ3) is 5.46. The number of hydrogen-bond acceptors (Lipinski definition) is 4. The van der Waals surface area contributed by atoms with Gasteiger partial charge in [0, 0.05) is 26.1 Å². The van der Waals surface area contributed by atoms with Crippen LogP contribution in [-0.4, -0.2) is 54.7 Å². The van der Waals surface area contributed by atoms with E-state index in [-0.39, 0.29) is 24.3 Å². The number of unbranched alkanes of at least 4 members (excludes halogenated alkanes) is 2. The van der Waals surface area contributed by atoms with Gasteiger partial charge in [0.15, 0.2) is 0 Å². The summed E-state index contributed by atoms with van der Waals surface area (Å²) < 4.78 is 4.66. The molecule has 2 N–H and O–H groups in total. The molecular formula is C13H22N2O5. The molecule has 1 atom stereocenters. The number of rotatable bonds is 7. The minimum absolute atomic E-state index is 0.168. The summed E-state index contributed by atoms with van der Waals surface area (Å²) >= 11 is 0. The third-order valence-electron chi connectivity index (χ3n) is 3.35. The molecule has 2 amide bonds. The summed E-state index contributed by atoms with van der Waals surface area (Å²) in [5.41, 5.74) is 0. The molecule has 0 aromatic heterocycles. The van der Waals surface area contributed by atoms with Crippen molar-refractivity contribution in [2.75, 3.05) is 26.7 Å². The molecule has 0 saturated carbocycles. The number of methoxy groups -OCH3 is 1. The number of aliphatic carboxylic acids is 1. The first-order valence-electron chi connectivity index (χ1n) is 6.87. The number of ether oxygens (including phenoxy) is 1. The van der Waals surface area contributed by atoms with Crippen molar-refractivity contribution in [3.63, 3.8) is 0 Å². The topological polar surface area (TPSA) is 95.9 Å². The summed E-state index contributed by atoms with van der Waals surface area (Å²) in [4.78, 5) is 35.1. The Labute approximate surface area is 118 Å². The minimum Gasteiger partial charge on any atom is -0.481 e. The molecule has 1 unspecified atom stereocenters. The lowest BCUT2D eigenvalue weighted by atomic mass is 10.1. The van der Waals surface area contributed by atoms with Crippen molar-refractivity contribution in [1.29, 1.82) is 0 Å². The maximum atomic E-state index is 11.8. The molecule has 0 aromatic carbocycles. The monoisotopic (exact) mass is 286 g/mol. The molecule has 1 rings (SSSR count). The predicted molar refractivity (Wildman–Crippen MR) is 71.2 cm³/mol. The number of nitrogens with zero attached hydrogens (tertiary/aromatic N) is 1. The smallest absolute Gasteiger partial charge is 0.317 e. The van der Waals surface area contributed by atoms with E-state index in [0.29, 0.717) is 32.5 Å². The van der Waals surface area contributed by atoms with Gasteiger partial charge in [-0.25, -0.2) is 4.79 Å². The molecule has 0 aliphatic carbocycles. The number of carboxylic acids is 1. The van der Waals surface area contributed by atoms with Crippen LogP contribution in [0.25, 0.3) is 0 Å². The van der Waals surface area contributed by atoms with Crippen LogP contribution in [0.1, 0.15) is 32.1 Å². The van der Waals surface area contributed by atoms with Crippen molar-refractivity contribution in [2.45, 2.75) is 32.1 Å². The molecule has 7 heteroatoms. The van der Waals surface area contributed by atoms with E-state index in [2.05, 4.69) is 10.1 Å². The lowest BCUT2D eigenvalue weighted by Gasteiger charge is -2.16. The third-order valence-corrected chi connectivity index (χ3v) is 3.35. The Balaban J connectivity index is 2.12. The number of amides is 2. The van der Waals surface area contributed by atoms with Gasteiger partial charge in [0.25, 0.3) is 0 Å². The highest BCUT2D eigenvalue weighted by Crippen LogP contribution is 2.17. The Morgan fingerprint density at radius 3 is 2.70 bits per heavy atom. The number of nitrogens with one attached hydrogen (secondary N) is 1. The van der Waals surface area contributed by atoms with Gasteiger partial charge in [-0.05, 0) is 19.3 Å². The number of carbonyl (C=O) groups is 3. The number of carboxylic acid groups (broad SMARTS) is 1. The van der Waals surface area contributed by atoms with Crippen molar-refractivity contribution >= 4 is 18.0 Å². The largest absolute Gasteiger partial charge is 0.481 e. The number of hydrogen-bond donors (Lipinski definition) is 2. The molecule has 1 aliphatic rings. The number of likely N-dealkylation sites (tertiary alicyclic amines) is 1. The summed E-state index contributed by atoms with van der Waals surface area (Å²) in [6.45, 7) is 1.49. The van der Waals surface area contributed by atoms with Crippen LogP contribution < -0.4 is 5.32 Å². The van der Waals surface area contributed by atoms with E-state index in [4.69, 9.17) is 5.11 Å². The molecule has 7 nitrogen and oxygen atoms in total. The van der Waals surface area contributed by atoms with Crippen molar-refractivity contribution in [2.24, 2.45) is 5.92 Å². The molecule has 20 heavy (non-hydrogen) atoms. The molecule has 114 valence electrons. The highest BCUT2D eigenvalue weighted by atomic mass is 16.5. The van der Waals surface area contributed by atoms with Crippen LogP contribution in [0, 0.1) is 5.92 Å². The van der Waals surface area contributed by atoms with E-state index in [1.807, 2.05) is 0 Å². The van der Waals surface area contributed by atoms with Gasteiger partial charge < -0.3 is 20.1 Å². The van der Waals surface area contributed by atoms with Crippen LogP contribution in [0.3, 0.4) is 0 Å². The second-order valence-corrected chi connectivity index (χ2v) is 4.89. The Morgan fingerprint density at radius 2 is 2.05 bits per heavy atom. The summed E-state index contributed by atoms with van der Waals surface area (Å²) in [6, 6.07) is -0.172. The van der Waals surface area contributed by atoms with Gasteiger partial charge in [-0.2, -0.15) is 0 Å². The van der Waals surface area contributed by atoms with Gasteiger partial charge in [0.2, 0.25) is 0 Å². The van der Waals surface area contributed by atoms with E-state index in [0.717, 1.165) is 12.8 Å². The van der Waals surface area contributed by atoms with Crippen LogP contribution in [0.2, 0.25) is 0 Å². The van der Waals surface area contributed by atoms with Crippen LogP contribution in [0.15, 0.2) is 0 Å². The maximum absolute atomic E-state index is 11.8. The first-order chi connectivity index (χ1) is 9.54. The highest BCUT2D eigenvalue weighted by molar-refractivity contribution is 5.78. The van der Waals surface area contributed by atoms with E-state index in [1.54, 1.807) is 4.90 Å². The average molecular weight is 286 g/mol. The molecule has 1 saturated heterocycles. The van der Waals surface area contributed by atoms with Gasteiger partial charge in [0.05, 0.1) is 13.0 Å². The van der Waals surface area contributed by atoms with Crippen LogP contribution >= 0.6 is 0 Å². The molecular weight excluding hydrogens is 264 g/mol.